The lowest BCUT2D eigenvalue weighted by Crippen LogP contribution is -2.32. The molecule has 0 atom stereocenters. The molecule has 25 heavy (non-hydrogen) atoms. The number of H-pyrrole nitrogens is 1. The van der Waals surface area contributed by atoms with Gasteiger partial charge in [-0.3, -0.25) is 10.00 Å². The number of aromatic amines is 1. The van der Waals surface area contributed by atoms with E-state index in [9.17, 15) is 0 Å². The van der Waals surface area contributed by atoms with E-state index in [0.717, 1.165) is 31.7 Å². The largest absolute Gasteiger partial charge is 0.297 e. The molecule has 0 saturated carbocycles. The lowest BCUT2D eigenvalue weighted by Gasteiger charge is -2.31. The van der Waals surface area contributed by atoms with Crippen molar-refractivity contribution >= 4 is 11.3 Å². The van der Waals surface area contributed by atoms with E-state index in [1.807, 2.05) is 12.3 Å². The normalized spacial score (nSPS) is 16.4. The van der Waals surface area contributed by atoms with E-state index < -0.39 is 0 Å². The van der Waals surface area contributed by atoms with Crippen molar-refractivity contribution in [3.63, 3.8) is 0 Å². The summed E-state index contributed by atoms with van der Waals surface area (Å²) in [4.78, 5) is 7.37. The summed E-state index contributed by atoms with van der Waals surface area (Å²) in [5, 5.41) is 10.9. The number of hydrogen-bond acceptors (Lipinski definition) is 4. The van der Waals surface area contributed by atoms with Gasteiger partial charge in [-0.15, -0.1) is 11.3 Å². The molecule has 4 rings (SSSR count). The molecule has 0 radical (unpaired) electrons. The van der Waals surface area contributed by atoms with Crippen LogP contribution in [0.3, 0.4) is 0 Å². The molecule has 1 aliphatic heterocycles. The zero-order valence-corrected chi connectivity index (χ0v) is 15.4. The van der Waals surface area contributed by atoms with Gasteiger partial charge in [0.25, 0.3) is 0 Å². The quantitative estimate of drug-likeness (QED) is 0.736. The number of aryl methyl sites for hydroxylation is 1. The van der Waals surface area contributed by atoms with Gasteiger partial charge in [0.2, 0.25) is 0 Å². The summed E-state index contributed by atoms with van der Waals surface area (Å²) < 4.78 is 0. The monoisotopic (exact) mass is 352 g/mol. The van der Waals surface area contributed by atoms with Gasteiger partial charge in [0, 0.05) is 22.6 Å². The Morgan fingerprint density at radius 3 is 2.76 bits per heavy atom. The van der Waals surface area contributed by atoms with Crippen LogP contribution in [0.2, 0.25) is 0 Å². The summed E-state index contributed by atoms with van der Waals surface area (Å²) in [5.74, 6) is 0.630. The fourth-order valence-corrected chi connectivity index (χ4v) is 4.50. The molecule has 1 aromatic carbocycles. The van der Waals surface area contributed by atoms with Crippen LogP contribution in [0.4, 0.5) is 0 Å². The summed E-state index contributed by atoms with van der Waals surface area (Å²) in [6.07, 6.45) is 5.45. The topological polar surface area (TPSA) is 44.8 Å². The van der Waals surface area contributed by atoms with E-state index in [1.165, 1.54) is 34.7 Å². The summed E-state index contributed by atoms with van der Waals surface area (Å²) in [5.41, 5.74) is 5.05. The third-order valence-electron chi connectivity index (χ3n) is 5.11. The van der Waals surface area contributed by atoms with Gasteiger partial charge >= 0.3 is 0 Å². The Morgan fingerprint density at radius 1 is 1.20 bits per heavy atom. The van der Waals surface area contributed by atoms with Crippen molar-refractivity contribution in [2.45, 2.75) is 38.6 Å². The first-order chi connectivity index (χ1) is 12.3. The van der Waals surface area contributed by atoms with Crippen molar-refractivity contribution in [1.29, 1.82) is 0 Å². The fourth-order valence-electron chi connectivity index (χ4n) is 3.65. The maximum absolute atomic E-state index is 4.83. The second-order valence-electron chi connectivity index (χ2n) is 6.71. The van der Waals surface area contributed by atoms with E-state index in [-0.39, 0.29) is 0 Å². The number of nitrogens with one attached hydrogen (secondary N) is 1. The maximum atomic E-state index is 4.83. The number of likely N-dealkylation sites (tertiary alicyclic amines) is 1. The predicted octanol–water partition coefficient (Wildman–Crippen LogP) is 4.48. The summed E-state index contributed by atoms with van der Waals surface area (Å²) in [6, 6.07) is 10.4. The minimum absolute atomic E-state index is 0.630. The zero-order chi connectivity index (χ0) is 17.1. The number of nitrogens with zero attached hydrogens (tertiary/aromatic N) is 3. The number of hydrogen-bond donors (Lipinski definition) is 1. The lowest BCUT2D eigenvalue weighted by molar-refractivity contribution is 0.203. The first-order valence-electron chi connectivity index (χ1n) is 9.07. The molecule has 3 aromatic rings. The van der Waals surface area contributed by atoms with Crippen molar-refractivity contribution in [1.82, 2.24) is 20.1 Å². The first kappa shape index (κ1) is 16.5. The van der Waals surface area contributed by atoms with E-state index in [0.29, 0.717) is 5.92 Å². The molecule has 0 aliphatic carbocycles. The van der Waals surface area contributed by atoms with Gasteiger partial charge in [-0.2, -0.15) is 5.10 Å². The van der Waals surface area contributed by atoms with Gasteiger partial charge < -0.3 is 0 Å². The zero-order valence-electron chi connectivity index (χ0n) is 14.6. The highest BCUT2D eigenvalue weighted by molar-refractivity contribution is 7.09. The molecule has 130 valence electrons. The average Bonchev–Trinajstić information content (AvgIpc) is 3.32. The Bertz CT molecular complexity index is 800. The van der Waals surface area contributed by atoms with Crippen LogP contribution in [-0.4, -0.2) is 33.2 Å². The molecule has 1 N–H and O–H groups in total. The third-order valence-corrected chi connectivity index (χ3v) is 5.94. The van der Waals surface area contributed by atoms with E-state index >= 15 is 0 Å². The van der Waals surface area contributed by atoms with Crippen LogP contribution >= 0.6 is 11.3 Å². The summed E-state index contributed by atoms with van der Waals surface area (Å²) >= 11 is 1.77. The van der Waals surface area contributed by atoms with Crippen molar-refractivity contribution < 1.29 is 0 Å². The minimum Gasteiger partial charge on any atom is -0.297 e. The van der Waals surface area contributed by atoms with Gasteiger partial charge in [-0.05, 0) is 37.9 Å². The molecule has 1 fully saturated rings. The Labute approximate surface area is 152 Å². The summed E-state index contributed by atoms with van der Waals surface area (Å²) in [7, 11) is 0. The highest BCUT2D eigenvalue weighted by Gasteiger charge is 2.24. The molecule has 1 saturated heterocycles. The van der Waals surface area contributed by atoms with Crippen LogP contribution in [0.15, 0.2) is 41.9 Å². The van der Waals surface area contributed by atoms with Gasteiger partial charge in [0.05, 0.1) is 18.4 Å². The van der Waals surface area contributed by atoms with Crippen molar-refractivity contribution in [3.05, 3.63) is 58.2 Å². The minimum atomic E-state index is 0.630. The molecule has 0 unspecified atom stereocenters. The second kappa shape index (κ2) is 7.50. The molecule has 1 aliphatic rings. The molecule has 5 heteroatoms. The second-order valence-corrected chi connectivity index (χ2v) is 7.65. The van der Waals surface area contributed by atoms with Gasteiger partial charge in [0.1, 0.15) is 5.01 Å². The first-order valence-corrected chi connectivity index (χ1v) is 9.95. The molecule has 4 nitrogen and oxygen atoms in total. The van der Waals surface area contributed by atoms with E-state index in [1.54, 1.807) is 11.3 Å². The van der Waals surface area contributed by atoms with Crippen molar-refractivity contribution in [2.75, 3.05) is 13.1 Å². The van der Waals surface area contributed by atoms with Crippen molar-refractivity contribution in [3.8, 4) is 11.3 Å². The van der Waals surface area contributed by atoms with Gasteiger partial charge in [-0.25, -0.2) is 4.98 Å². The van der Waals surface area contributed by atoms with Crippen LogP contribution in [-0.2, 0) is 13.0 Å². The maximum Gasteiger partial charge on any atom is 0.107 e. The molecule has 0 amide bonds. The molecular formula is C20H24N4S. The lowest BCUT2D eigenvalue weighted by atomic mass is 9.91. The number of aromatic nitrogens is 3. The molecule has 0 spiro atoms. The number of rotatable bonds is 5. The highest BCUT2D eigenvalue weighted by Crippen LogP contribution is 2.30. The third kappa shape index (κ3) is 3.67. The highest BCUT2D eigenvalue weighted by atomic mass is 32.1. The van der Waals surface area contributed by atoms with Gasteiger partial charge in [0.15, 0.2) is 0 Å². The molecule has 2 aromatic heterocycles. The smallest absolute Gasteiger partial charge is 0.107 e. The van der Waals surface area contributed by atoms with E-state index in [4.69, 9.17) is 4.98 Å². The Hall–Kier alpha value is -1.98. The Kier molecular flexibility index (Phi) is 4.95. The van der Waals surface area contributed by atoms with Crippen molar-refractivity contribution in [2.24, 2.45) is 0 Å². The molecule has 0 bridgehead atoms. The number of benzene rings is 1. The number of piperidine rings is 1. The molecule has 3 heterocycles. The van der Waals surface area contributed by atoms with Crippen LogP contribution in [0, 0.1) is 0 Å². The standard InChI is InChI=1S/C20H24N4S/c1-2-15-12-21-23-20(15)17-8-10-24(11-9-17)13-19-22-18(14-25-19)16-6-4-3-5-7-16/h3-7,12,14,17H,2,8-11,13H2,1H3,(H,21,23). The Morgan fingerprint density at radius 2 is 2.00 bits per heavy atom. The van der Waals surface area contributed by atoms with Crippen LogP contribution in [0.5, 0.6) is 0 Å². The Balaban J connectivity index is 1.35. The van der Waals surface area contributed by atoms with Gasteiger partial charge in [-0.1, -0.05) is 37.3 Å². The summed E-state index contributed by atoms with van der Waals surface area (Å²) in [6.45, 7) is 5.43. The predicted molar refractivity (Wildman–Crippen MR) is 103 cm³/mol. The van der Waals surface area contributed by atoms with Crippen LogP contribution < -0.4 is 0 Å². The SMILES string of the molecule is CCc1cn[nH]c1C1CCN(Cc2nc(-c3ccccc3)cs2)CC1. The van der Waals surface area contributed by atoms with Crippen LogP contribution in [0.25, 0.3) is 11.3 Å². The average molecular weight is 353 g/mol. The number of thiazole rings is 1. The van der Waals surface area contributed by atoms with Crippen LogP contribution in [0.1, 0.15) is 41.9 Å². The molecular weight excluding hydrogens is 328 g/mol. The fraction of sp³-hybridized carbons (Fsp3) is 0.400. The van der Waals surface area contributed by atoms with E-state index in [2.05, 4.69) is 51.7 Å².